The average molecular weight is 195 g/mol. The number of aromatic nitrogens is 2. The second-order valence-electron chi connectivity index (χ2n) is 2.75. The Morgan fingerprint density at radius 1 is 1.43 bits per heavy atom. The monoisotopic (exact) mass is 195 g/mol. The lowest BCUT2D eigenvalue weighted by molar-refractivity contribution is -0.118. The third-order valence-corrected chi connectivity index (χ3v) is 1.45. The molecule has 6 nitrogen and oxygen atoms in total. The standard InChI is InChI=1S/C8H13N5O/c1-6(14)10-2-3-11-8-12-4-7(9)5-13-8/h4-5H,2-3,9H2,1H3,(H,10,14)(H,11,12,13). The Bertz CT molecular complexity index is 297. The molecule has 1 aromatic heterocycles. The molecule has 1 amide bonds. The molecule has 0 aliphatic carbocycles. The van der Waals surface area contributed by atoms with Gasteiger partial charge in [-0.2, -0.15) is 0 Å². The van der Waals surface area contributed by atoms with Gasteiger partial charge in [-0.1, -0.05) is 0 Å². The third-order valence-electron chi connectivity index (χ3n) is 1.45. The Labute approximate surface area is 81.9 Å². The maximum Gasteiger partial charge on any atom is 0.222 e. The lowest BCUT2D eigenvalue weighted by Crippen LogP contribution is -2.26. The lowest BCUT2D eigenvalue weighted by Gasteiger charge is -2.04. The Balaban J connectivity index is 2.25. The molecule has 0 unspecified atom stereocenters. The molecule has 1 heterocycles. The van der Waals surface area contributed by atoms with Crippen molar-refractivity contribution < 1.29 is 4.79 Å². The Kier molecular flexibility index (Phi) is 3.66. The molecule has 0 radical (unpaired) electrons. The molecule has 0 spiro atoms. The first kappa shape index (κ1) is 10.2. The minimum Gasteiger partial charge on any atom is -0.396 e. The molecule has 0 saturated heterocycles. The van der Waals surface area contributed by atoms with Crippen molar-refractivity contribution in [1.82, 2.24) is 15.3 Å². The van der Waals surface area contributed by atoms with E-state index in [1.165, 1.54) is 19.3 Å². The fraction of sp³-hybridized carbons (Fsp3) is 0.375. The summed E-state index contributed by atoms with van der Waals surface area (Å²) in [6.07, 6.45) is 3.04. The predicted molar refractivity (Wildman–Crippen MR) is 53.6 cm³/mol. The smallest absolute Gasteiger partial charge is 0.222 e. The predicted octanol–water partition coefficient (Wildman–Crippen LogP) is -0.393. The second kappa shape index (κ2) is 5.00. The molecule has 0 aromatic carbocycles. The molecule has 0 aliphatic rings. The van der Waals surface area contributed by atoms with Gasteiger partial charge in [0.05, 0.1) is 18.1 Å². The van der Waals surface area contributed by atoms with Crippen molar-refractivity contribution in [2.75, 3.05) is 24.1 Å². The van der Waals surface area contributed by atoms with E-state index < -0.39 is 0 Å². The van der Waals surface area contributed by atoms with Crippen LogP contribution in [0, 0.1) is 0 Å². The minimum absolute atomic E-state index is 0.0509. The van der Waals surface area contributed by atoms with Crippen molar-refractivity contribution in [1.29, 1.82) is 0 Å². The van der Waals surface area contributed by atoms with Gasteiger partial charge in [0.25, 0.3) is 0 Å². The van der Waals surface area contributed by atoms with E-state index >= 15 is 0 Å². The molecule has 14 heavy (non-hydrogen) atoms. The number of anilines is 2. The van der Waals surface area contributed by atoms with Crippen LogP contribution >= 0.6 is 0 Å². The summed E-state index contributed by atoms with van der Waals surface area (Å²) in [4.78, 5) is 18.4. The zero-order valence-electron chi connectivity index (χ0n) is 7.95. The molecule has 1 aromatic rings. The van der Waals surface area contributed by atoms with Gasteiger partial charge in [0, 0.05) is 20.0 Å². The number of nitrogens with zero attached hydrogens (tertiary/aromatic N) is 2. The lowest BCUT2D eigenvalue weighted by atomic mass is 10.5. The van der Waals surface area contributed by atoms with Crippen LogP contribution in [0.15, 0.2) is 12.4 Å². The van der Waals surface area contributed by atoms with Crippen molar-refractivity contribution in [3.63, 3.8) is 0 Å². The number of amides is 1. The van der Waals surface area contributed by atoms with Gasteiger partial charge in [-0.3, -0.25) is 4.79 Å². The summed E-state index contributed by atoms with van der Waals surface area (Å²) in [6.45, 7) is 2.60. The molecular formula is C8H13N5O. The van der Waals surface area contributed by atoms with Crippen LogP contribution in [0.5, 0.6) is 0 Å². The van der Waals surface area contributed by atoms with E-state index in [1.54, 1.807) is 0 Å². The molecule has 0 bridgehead atoms. The van der Waals surface area contributed by atoms with E-state index in [-0.39, 0.29) is 5.91 Å². The molecule has 4 N–H and O–H groups in total. The first-order valence-corrected chi connectivity index (χ1v) is 4.24. The normalized spacial score (nSPS) is 9.50. The van der Waals surface area contributed by atoms with Crippen LogP contribution in [0.1, 0.15) is 6.92 Å². The van der Waals surface area contributed by atoms with Crippen molar-refractivity contribution in [3.8, 4) is 0 Å². The quantitative estimate of drug-likeness (QED) is 0.569. The summed E-state index contributed by atoms with van der Waals surface area (Å²) in [5, 5.41) is 5.58. The Morgan fingerprint density at radius 2 is 2.07 bits per heavy atom. The molecule has 1 rings (SSSR count). The Morgan fingerprint density at radius 3 is 2.64 bits per heavy atom. The molecule has 0 fully saturated rings. The highest BCUT2D eigenvalue weighted by molar-refractivity contribution is 5.72. The number of hydrogen-bond donors (Lipinski definition) is 3. The summed E-state index contributed by atoms with van der Waals surface area (Å²) >= 11 is 0. The van der Waals surface area contributed by atoms with Gasteiger partial charge >= 0.3 is 0 Å². The van der Waals surface area contributed by atoms with Gasteiger partial charge in [-0.15, -0.1) is 0 Å². The summed E-state index contributed by atoms with van der Waals surface area (Å²) in [5.74, 6) is 0.453. The van der Waals surface area contributed by atoms with Gasteiger partial charge in [0.2, 0.25) is 11.9 Å². The number of carbonyl (C=O) groups is 1. The summed E-state index contributed by atoms with van der Waals surface area (Å²) in [7, 11) is 0. The first-order chi connectivity index (χ1) is 6.68. The van der Waals surface area contributed by atoms with Gasteiger partial charge in [0.1, 0.15) is 0 Å². The van der Waals surface area contributed by atoms with Crippen LogP contribution in [0.25, 0.3) is 0 Å². The van der Waals surface area contributed by atoms with Crippen LogP contribution in [0.3, 0.4) is 0 Å². The molecule has 0 saturated carbocycles. The van der Waals surface area contributed by atoms with Crippen molar-refractivity contribution in [2.24, 2.45) is 0 Å². The first-order valence-electron chi connectivity index (χ1n) is 4.24. The van der Waals surface area contributed by atoms with E-state index in [4.69, 9.17) is 5.73 Å². The van der Waals surface area contributed by atoms with Crippen LogP contribution in [0.2, 0.25) is 0 Å². The van der Waals surface area contributed by atoms with Crippen LogP contribution in [-0.2, 0) is 4.79 Å². The molecule has 76 valence electrons. The van der Waals surface area contributed by atoms with Crippen LogP contribution in [-0.4, -0.2) is 29.0 Å². The molecular weight excluding hydrogens is 182 g/mol. The van der Waals surface area contributed by atoms with Crippen molar-refractivity contribution in [3.05, 3.63) is 12.4 Å². The fourth-order valence-corrected chi connectivity index (χ4v) is 0.842. The van der Waals surface area contributed by atoms with Gasteiger partial charge < -0.3 is 16.4 Å². The van der Waals surface area contributed by atoms with Crippen LogP contribution in [0.4, 0.5) is 11.6 Å². The van der Waals surface area contributed by atoms with Gasteiger partial charge in [0.15, 0.2) is 0 Å². The summed E-state index contributed by atoms with van der Waals surface area (Å²) in [6, 6.07) is 0. The van der Waals surface area contributed by atoms with E-state index in [0.717, 1.165) is 0 Å². The van der Waals surface area contributed by atoms with E-state index in [1.807, 2.05) is 0 Å². The number of hydrogen-bond acceptors (Lipinski definition) is 5. The summed E-state index contributed by atoms with van der Waals surface area (Å²) in [5.41, 5.74) is 5.94. The SMILES string of the molecule is CC(=O)NCCNc1ncc(N)cn1. The number of rotatable bonds is 4. The number of carbonyl (C=O) groups excluding carboxylic acids is 1. The second-order valence-corrected chi connectivity index (χ2v) is 2.75. The number of nitrogens with two attached hydrogens (primary N) is 1. The highest BCUT2D eigenvalue weighted by atomic mass is 16.1. The average Bonchev–Trinajstić information content (AvgIpc) is 2.15. The third kappa shape index (κ3) is 3.70. The van der Waals surface area contributed by atoms with Crippen molar-refractivity contribution >= 4 is 17.5 Å². The summed E-state index contributed by atoms with van der Waals surface area (Å²) < 4.78 is 0. The molecule has 0 atom stereocenters. The van der Waals surface area contributed by atoms with E-state index in [9.17, 15) is 4.79 Å². The highest BCUT2D eigenvalue weighted by Crippen LogP contribution is 1.99. The van der Waals surface area contributed by atoms with Crippen molar-refractivity contribution in [2.45, 2.75) is 6.92 Å². The van der Waals surface area contributed by atoms with Gasteiger partial charge in [-0.25, -0.2) is 9.97 Å². The maximum absolute atomic E-state index is 10.5. The maximum atomic E-state index is 10.5. The topological polar surface area (TPSA) is 92.9 Å². The van der Waals surface area contributed by atoms with E-state index in [2.05, 4.69) is 20.6 Å². The minimum atomic E-state index is -0.0509. The zero-order chi connectivity index (χ0) is 10.4. The van der Waals surface area contributed by atoms with Gasteiger partial charge in [-0.05, 0) is 0 Å². The van der Waals surface area contributed by atoms with E-state index in [0.29, 0.717) is 24.7 Å². The highest BCUT2D eigenvalue weighted by Gasteiger charge is 1.94. The molecule has 6 heteroatoms. The number of nitrogen functional groups attached to an aromatic ring is 1. The Hall–Kier alpha value is -1.85. The van der Waals surface area contributed by atoms with Crippen LogP contribution < -0.4 is 16.4 Å². The largest absolute Gasteiger partial charge is 0.396 e. The zero-order valence-corrected chi connectivity index (χ0v) is 7.95. The number of nitrogens with one attached hydrogen (secondary N) is 2. The fourth-order valence-electron chi connectivity index (χ4n) is 0.842. The molecule has 0 aliphatic heterocycles.